The van der Waals surface area contributed by atoms with Gasteiger partial charge in [0.2, 0.25) is 0 Å². The molecule has 0 aliphatic carbocycles. The maximum atomic E-state index is 10.0. The summed E-state index contributed by atoms with van der Waals surface area (Å²) in [7, 11) is 0. The minimum absolute atomic E-state index is 0.112. The van der Waals surface area contributed by atoms with Gasteiger partial charge in [0.15, 0.2) is 0 Å². The van der Waals surface area contributed by atoms with Crippen molar-refractivity contribution in [2.75, 3.05) is 19.8 Å². The molecule has 5 atom stereocenters. The van der Waals surface area contributed by atoms with Gasteiger partial charge in [0.25, 0.3) is 0 Å². The van der Waals surface area contributed by atoms with Crippen molar-refractivity contribution >= 4 is 0 Å². The van der Waals surface area contributed by atoms with Crippen LogP contribution in [0.1, 0.15) is 19.3 Å². The van der Waals surface area contributed by atoms with Gasteiger partial charge in [-0.25, -0.2) is 0 Å². The van der Waals surface area contributed by atoms with Crippen molar-refractivity contribution in [1.29, 1.82) is 0 Å². The molecule has 0 aromatic carbocycles. The van der Waals surface area contributed by atoms with E-state index in [4.69, 9.17) is 9.47 Å². The van der Waals surface area contributed by atoms with E-state index >= 15 is 0 Å². The molecule has 17 heavy (non-hydrogen) atoms. The van der Waals surface area contributed by atoms with Crippen molar-refractivity contribution in [1.82, 2.24) is 0 Å². The standard InChI is InChI=1S/C11H20O6/c12-6-11(8-3-1-2-4-16-8)10(15)9(14)7(13)5-17-11/h7-10,12-15H,1-6H2/t7-,8?,9-,10-,11?/m1/s1. The summed E-state index contributed by atoms with van der Waals surface area (Å²) < 4.78 is 10.9. The van der Waals surface area contributed by atoms with Crippen molar-refractivity contribution < 1.29 is 29.9 Å². The molecule has 0 aromatic rings. The number of aliphatic hydroxyl groups is 4. The zero-order chi connectivity index (χ0) is 12.5. The lowest BCUT2D eigenvalue weighted by Gasteiger charge is -2.49. The molecule has 2 unspecified atom stereocenters. The summed E-state index contributed by atoms with van der Waals surface area (Å²) in [6.45, 7) is 0.00239. The first-order valence-electron chi connectivity index (χ1n) is 6.02. The Labute approximate surface area is 99.8 Å². The van der Waals surface area contributed by atoms with Gasteiger partial charge in [0.05, 0.1) is 19.3 Å². The van der Waals surface area contributed by atoms with Gasteiger partial charge in [-0.05, 0) is 19.3 Å². The summed E-state index contributed by atoms with van der Waals surface area (Å²) in [6, 6.07) is 0. The number of rotatable bonds is 2. The van der Waals surface area contributed by atoms with E-state index in [9.17, 15) is 20.4 Å². The minimum Gasteiger partial charge on any atom is -0.393 e. The summed E-state index contributed by atoms with van der Waals surface area (Å²) in [5, 5.41) is 38.7. The molecule has 2 aliphatic rings. The highest BCUT2D eigenvalue weighted by Gasteiger charge is 2.54. The molecule has 2 rings (SSSR count). The second kappa shape index (κ2) is 5.17. The molecule has 0 amide bonds. The lowest BCUT2D eigenvalue weighted by atomic mass is 9.81. The van der Waals surface area contributed by atoms with Crippen LogP contribution in [0.5, 0.6) is 0 Å². The molecule has 0 aromatic heterocycles. The van der Waals surface area contributed by atoms with E-state index in [1.807, 2.05) is 0 Å². The molecule has 0 bridgehead atoms. The molecule has 2 fully saturated rings. The third kappa shape index (κ3) is 2.21. The zero-order valence-corrected chi connectivity index (χ0v) is 9.66. The molecule has 0 radical (unpaired) electrons. The molecule has 4 N–H and O–H groups in total. The Hall–Kier alpha value is -0.240. The monoisotopic (exact) mass is 248 g/mol. The fourth-order valence-electron chi connectivity index (χ4n) is 2.57. The van der Waals surface area contributed by atoms with Crippen molar-refractivity contribution in [2.45, 2.75) is 49.3 Å². The van der Waals surface area contributed by atoms with E-state index in [1.54, 1.807) is 0 Å². The van der Waals surface area contributed by atoms with Crippen LogP contribution in [-0.4, -0.2) is 70.3 Å². The van der Waals surface area contributed by atoms with Gasteiger partial charge in [-0.15, -0.1) is 0 Å². The molecular weight excluding hydrogens is 228 g/mol. The van der Waals surface area contributed by atoms with E-state index in [0.717, 1.165) is 12.8 Å². The van der Waals surface area contributed by atoms with Gasteiger partial charge in [-0.3, -0.25) is 0 Å². The first-order chi connectivity index (χ1) is 8.12. The van der Waals surface area contributed by atoms with E-state index in [2.05, 4.69) is 0 Å². The summed E-state index contributed by atoms with van der Waals surface area (Å²) in [5.41, 5.74) is -1.32. The van der Waals surface area contributed by atoms with Gasteiger partial charge in [0.1, 0.15) is 23.9 Å². The Morgan fingerprint density at radius 1 is 1.18 bits per heavy atom. The van der Waals surface area contributed by atoms with Crippen LogP contribution in [-0.2, 0) is 9.47 Å². The second-order valence-electron chi connectivity index (χ2n) is 4.78. The third-order valence-corrected chi connectivity index (χ3v) is 3.71. The van der Waals surface area contributed by atoms with Crippen molar-refractivity contribution in [3.63, 3.8) is 0 Å². The molecule has 0 saturated carbocycles. The zero-order valence-electron chi connectivity index (χ0n) is 9.66. The Balaban J connectivity index is 2.17. The maximum Gasteiger partial charge on any atom is 0.145 e. The molecule has 2 heterocycles. The highest BCUT2D eigenvalue weighted by molar-refractivity contribution is 5.03. The smallest absolute Gasteiger partial charge is 0.145 e. The van der Waals surface area contributed by atoms with Crippen LogP contribution in [0.3, 0.4) is 0 Å². The topological polar surface area (TPSA) is 99.4 Å². The first-order valence-corrected chi connectivity index (χ1v) is 6.02. The summed E-state index contributed by atoms with van der Waals surface area (Å²) >= 11 is 0. The largest absolute Gasteiger partial charge is 0.393 e. The van der Waals surface area contributed by atoms with Crippen LogP contribution >= 0.6 is 0 Å². The highest BCUT2D eigenvalue weighted by Crippen LogP contribution is 2.34. The van der Waals surface area contributed by atoms with Crippen LogP contribution < -0.4 is 0 Å². The summed E-state index contributed by atoms with van der Waals surface area (Å²) in [6.07, 6.45) is -1.70. The fraction of sp³-hybridized carbons (Fsp3) is 1.00. The Morgan fingerprint density at radius 2 is 1.94 bits per heavy atom. The second-order valence-corrected chi connectivity index (χ2v) is 4.78. The van der Waals surface area contributed by atoms with Crippen LogP contribution in [0.2, 0.25) is 0 Å². The van der Waals surface area contributed by atoms with Gasteiger partial charge >= 0.3 is 0 Å². The Morgan fingerprint density at radius 3 is 2.53 bits per heavy atom. The van der Waals surface area contributed by atoms with Gasteiger partial charge < -0.3 is 29.9 Å². The average Bonchev–Trinajstić information content (AvgIpc) is 2.38. The predicted octanol–water partition coefficient (Wildman–Crippen LogP) is -1.60. The molecule has 100 valence electrons. The lowest BCUT2D eigenvalue weighted by Crippen LogP contribution is -2.68. The first kappa shape index (κ1) is 13.2. The summed E-state index contributed by atoms with van der Waals surface area (Å²) in [5.74, 6) is 0. The van der Waals surface area contributed by atoms with E-state index in [0.29, 0.717) is 13.0 Å². The number of aliphatic hydroxyl groups excluding tert-OH is 4. The van der Waals surface area contributed by atoms with E-state index in [-0.39, 0.29) is 6.61 Å². The van der Waals surface area contributed by atoms with E-state index in [1.165, 1.54) is 0 Å². The average molecular weight is 248 g/mol. The van der Waals surface area contributed by atoms with E-state index < -0.39 is 36.6 Å². The molecule has 6 nitrogen and oxygen atoms in total. The number of hydrogen-bond acceptors (Lipinski definition) is 6. The van der Waals surface area contributed by atoms with Crippen LogP contribution in [0.15, 0.2) is 0 Å². The lowest BCUT2D eigenvalue weighted by molar-refractivity contribution is -0.286. The van der Waals surface area contributed by atoms with Gasteiger partial charge in [0, 0.05) is 6.61 Å². The molecule has 6 heteroatoms. The van der Waals surface area contributed by atoms with Crippen LogP contribution in [0.4, 0.5) is 0 Å². The molecule has 2 aliphatic heterocycles. The normalized spacial score (nSPS) is 48.0. The molecule has 0 spiro atoms. The minimum atomic E-state index is -1.35. The third-order valence-electron chi connectivity index (χ3n) is 3.71. The number of hydrogen-bond donors (Lipinski definition) is 4. The molecule has 2 saturated heterocycles. The van der Waals surface area contributed by atoms with Crippen molar-refractivity contribution in [3.05, 3.63) is 0 Å². The van der Waals surface area contributed by atoms with Gasteiger partial charge in [-0.2, -0.15) is 0 Å². The number of ether oxygens (including phenoxy) is 2. The maximum absolute atomic E-state index is 10.0. The van der Waals surface area contributed by atoms with Crippen LogP contribution in [0, 0.1) is 0 Å². The van der Waals surface area contributed by atoms with Crippen LogP contribution in [0.25, 0.3) is 0 Å². The fourth-order valence-corrected chi connectivity index (χ4v) is 2.57. The highest BCUT2D eigenvalue weighted by atomic mass is 16.6. The SMILES string of the molecule is OCC1(C2CCCCO2)OC[C@@H](O)[C@@H](O)[C@H]1O. The van der Waals surface area contributed by atoms with Crippen molar-refractivity contribution in [2.24, 2.45) is 0 Å². The molecular formula is C11H20O6. The Bertz CT molecular complexity index is 250. The van der Waals surface area contributed by atoms with Gasteiger partial charge in [-0.1, -0.05) is 0 Å². The van der Waals surface area contributed by atoms with Crippen molar-refractivity contribution in [3.8, 4) is 0 Å². The predicted molar refractivity (Wildman–Crippen MR) is 57.4 cm³/mol. The summed E-state index contributed by atoms with van der Waals surface area (Å²) in [4.78, 5) is 0. The quantitative estimate of drug-likeness (QED) is 0.470. The Kier molecular flexibility index (Phi) is 4.02.